The lowest BCUT2D eigenvalue weighted by atomic mass is 10.1. The molecule has 0 bridgehead atoms. The van der Waals surface area contributed by atoms with Crippen LogP contribution in [0.1, 0.15) is 48.7 Å². The molecule has 0 unspecified atom stereocenters. The molecule has 1 aliphatic heterocycles. The second-order valence-corrected chi connectivity index (χ2v) is 9.16. The summed E-state index contributed by atoms with van der Waals surface area (Å²) in [5, 5.41) is 11.4. The molecule has 0 radical (unpaired) electrons. The van der Waals surface area contributed by atoms with Crippen molar-refractivity contribution in [1.29, 1.82) is 0 Å². The number of carbonyl (C=O) groups excluding carboxylic acids is 1. The van der Waals surface area contributed by atoms with Crippen LogP contribution in [0.4, 0.5) is 17.2 Å². The molecule has 2 aromatic heterocycles. The summed E-state index contributed by atoms with van der Waals surface area (Å²) in [4.78, 5) is 24.2. The molecule has 35 heavy (non-hydrogen) atoms. The van der Waals surface area contributed by atoms with E-state index in [1.807, 2.05) is 61.1 Å². The number of rotatable bonds is 7. The minimum Gasteiger partial charge on any atom is -0.370 e. The van der Waals surface area contributed by atoms with Crippen LogP contribution in [0.2, 0.25) is 5.02 Å². The van der Waals surface area contributed by atoms with Gasteiger partial charge in [-0.1, -0.05) is 23.7 Å². The number of aromatic nitrogens is 4. The van der Waals surface area contributed by atoms with Gasteiger partial charge in [0.05, 0.1) is 29.1 Å². The summed E-state index contributed by atoms with van der Waals surface area (Å²) < 4.78 is 1.82. The van der Waals surface area contributed by atoms with E-state index in [9.17, 15) is 4.79 Å². The lowest BCUT2D eigenvalue weighted by molar-refractivity contribution is 0.102. The van der Waals surface area contributed by atoms with Gasteiger partial charge >= 0.3 is 0 Å². The smallest absolute Gasteiger partial charge is 0.255 e. The molecular formula is C26H28ClN7O. The minimum atomic E-state index is -0.194. The van der Waals surface area contributed by atoms with E-state index in [-0.39, 0.29) is 11.9 Å². The number of amides is 1. The summed E-state index contributed by atoms with van der Waals surface area (Å²) in [6, 6.07) is 13.2. The van der Waals surface area contributed by atoms with E-state index < -0.39 is 0 Å². The van der Waals surface area contributed by atoms with Crippen molar-refractivity contribution in [3.05, 3.63) is 71.0 Å². The predicted octanol–water partition coefficient (Wildman–Crippen LogP) is 5.53. The Balaban J connectivity index is 1.27. The molecule has 5 rings (SSSR count). The Kier molecular flexibility index (Phi) is 6.55. The number of anilines is 3. The van der Waals surface area contributed by atoms with Crippen LogP contribution in [-0.4, -0.2) is 38.7 Å². The number of nitrogens with one attached hydrogen (secondary N) is 2. The zero-order valence-electron chi connectivity index (χ0n) is 19.8. The summed E-state index contributed by atoms with van der Waals surface area (Å²) in [7, 11) is 0. The molecule has 1 atom stereocenters. The third-order valence-corrected chi connectivity index (χ3v) is 6.57. The maximum absolute atomic E-state index is 12.9. The fourth-order valence-corrected chi connectivity index (χ4v) is 4.63. The van der Waals surface area contributed by atoms with Crippen molar-refractivity contribution in [3.8, 4) is 0 Å². The van der Waals surface area contributed by atoms with Gasteiger partial charge < -0.3 is 15.5 Å². The molecule has 4 aromatic rings. The van der Waals surface area contributed by atoms with Crippen molar-refractivity contribution in [2.75, 3.05) is 28.6 Å². The summed E-state index contributed by atoms with van der Waals surface area (Å²) in [5.41, 5.74) is 4.62. The lowest BCUT2D eigenvalue weighted by Gasteiger charge is -2.19. The lowest BCUT2D eigenvalue weighted by Crippen LogP contribution is -2.18. The Morgan fingerprint density at radius 3 is 2.77 bits per heavy atom. The Labute approximate surface area is 209 Å². The van der Waals surface area contributed by atoms with Crippen molar-refractivity contribution in [3.63, 3.8) is 0 Å². The maximum atomic E-state index is 12.9. The molecular weight excluding hydrogens is 462 g/mol. The summed E-state index contributed by atoms with van der Waals surface area (Å²) in [6.45, 7) is 6.84. The first kappa shape index (κ1) is 23.1. The second-order valence-electron chi connectivity index (χ2n) is 8.75. The molecule has 1 aliphatic rings. The largest absolute Gasteiger partial charge is 0.370 e. The normalized spacial score (nSPS) is 14.3. The molecule has 0 spiro atoms. The van der Waals surface area contributed by atoms with Gasteiger partial charge in [-0.2, -0.15) is 5.10 Å². The standard InChI is InChI=1S/C26H28ClN7O/c1-3-34-16-22-25(32-34)31-24(15-28-22)29-17(2)18-7-6-8-20(13-18)30-26(35)19-9-10-23(21(27)14-19)33-11-4-5-12-33/h6-10,13-17H,3-5,11-12H2,1-2H3,(H,30,35)(H,29,31,32)/t17-/m0/s1. The highest BCUT2D eigenvalue weighted by Crippen LogP contribution is 2.30. The van der Waals surface area contributed by atoms with Gasteiger partial charge in [-0.15, -0.1) is 0 Å². The third kappa shape index (κ3) is 5.07. The van der Waals surface area contributed by atoms with Crippen molar-refractivity contribution < 1.29 is 4.79 Å². The zero-order chi connectivity index (χ0) is 24.4. The van der Waals surface area contributed by atoms with E-state index in [1.165, 1.54) is 12.8 Å². The first-order valence-electron chi connectivity index (χ1n) is 11.9. The number of fused-ring (bicyclic) bond motifs is 1. The van der Waals surface area contributed by atoms with Crippen LogP contribution in [0.15, 0.2) is 54.9 Å². The maximum Gasteiger partial charge on any atom is 0.255 e. The minimum absolute atomic E-state index is 0.0546. The van der Waals surface area contributed by atoms with Gasteiger partial charge in [-0.3, -0.25) is 9.48 Å². The Morgan fingerprint density at radius 2 is 2.00 bits per heavy atom. The van der Waals surface area contributed by atoms with Crippen LogP contribution in [0.25, 0.3) is 11.2 Å². The van der Waals surface area contributed by atoms with E-state index in [0.29, 0.717) is 27.7 Å². The van der Waals surface area contributed by atoms with Crippen molar-refractivity contribution in [2.24, 2.45) is 0 Å². The van der Waals surface area contributed by atoms with Gasteiger partial charge in [0, 0.05) is 30.9 Å². The van der Waals surface area contributed by atoms with Crippen LogP contribution >= 0.6 is 11.6 Å². The zero-order valence-corrected chi connectivity index (χ0v) is 20.6. The van der Waals surface area contributed by atoms with Crippen LogP contribution in [0.3, 0.4) is 0 Å². The van der Waals surface area contributed by atoms with Crippen molar-refractivity contribution in [1.82, 2.24) is 19.7 Å². The van der Waals surface area contributed by atoms with E-state index in [0.717, 1.165) is 36.4 Å². The van der Waals surface area contributed by atoms with Crippen molar-refractivity contribution in [2.45, 2.75) is 39.3 Å². The first-order valence-corrected chi connectivity index (χ1v) is 12.3. The second kappa shape index (κ2) is 9.92. The van der Waals surface area contributed by atoms with Gasteiger partial charge in [0.25, 0.3) is 5.91 Å². The molecule has 2 N–H and O–H groups in total. The van der Waals surface area contributed by atoms with E-state index in [4.69, 9.17) is 11.6 Å². The fraction of sp³-hybridized carbons (Fsp3) is 0.308. The molecule has 1 fully saturated rings. The molecule has 0 aliphatic carbocycles. The van der Waals surface area contributed by atoms with Crippen LogP contribution < -0.4 is 15.5 Å². The number of nitrogens with zero attached hydrogens (tertiary/aromatic N) is 5. The first-order chi connectivity index (χ1) is 17.0. The number of benzene rings is 2. The van der Waals surface area contributed by atoms with Gasteiger partial charge in [-0.05, 0) is 62.6 Å². The topological polar surface area (TPSA) is 88.0 Å². The average molecular weight is 490 g/mol. The highest BCUT2D eigenvalue weighted by Gasteiger charge is 2.17. The quantitative estimate of drug-likeness (QED) is 0.355. The number of aryl methyl sites for hydroxylation is 1. The highest BCUT2D eigenvalue weighted by molar-refractivity contribution is 6.33. The monoisotopic (exact) mass is 489 g/mol. The van der Waals surface area contributed by atoms with Gasteiger partial charge in [0.1, 0.15) is 11.3 Å². The molecule has 9 heteroatoms. The Bertz CT molecular complexity index is 1360. The third-order valence-electron chi connectivity index (χ3n) is 6.27. The Morgan fingerprint density at radius 1 is 1.17 bits per heavy atom. The molecule has 3 heterocycles. The highest BCUT2D eigenvalue weighted by atomic mass is 35.5. The average Bonchev–Trinajstić information content (AvgIpc) is 3.54. The SMILES string of the molecule is CCn1cc2ncc(N[C@@H](C)c3cccc(NC(=O)c4ccc(N5CCCC5)c(Cl)c4)c3)nc2n1. The number of halogens is 1. The number of hydrogen-bond acceptors (Lipinski definition) is 6. The molecule has 0 saturated carbocycles. The summed E-state index contributed by atoms with van der Waals surface area (Å²) >= 11 is 6.50. The van der Waals surface area contributed by atoms with Crippen LogP contribution in [0, 0.1) is 0 Å². The van der Waals surface area contributed by atoms with E-state index in [1.54, 1.807) is 12.3 Å². The van der Waals surface area contributed by atoms with Crippen LogP contribution in [-0.2, 0) is 6.54 Å². The van der Waals surface area contributed by atoms with Gasteiger partial charge in [-0.25, -0.2) is 9.97 Å². The summed E-state index contributed by atoms with van der Waals surface area (Å²) in [6.07, 6.45) is 5.94. The van der Waals surface area contributed by atoms with E-state index in [2.05, 4.69) is 30.6 Å². The molecule has 8 nitrogen and oxygen atoms in total. The molecule has 1 saturated heterocycles. The molecule has 1 amide bonds. The van der Waals surface area contributed by atoms with Gasteiger partial charge in [0.15, 0.2) is 0 Å². The fourth-order valence-electron chi connectivity index (χ4n) is 4.33. The van der Waals surface area contributed by atoms with Crippen LogP contribution in [0.5, 0.6) is 0 Å². The number of hydrogen-bond donors (Lipinski definition) is 2. The predicted molar refractivity (Wildman–Crippen MR) is 140 cm³/mol. The summed E-state index contributed by atoms with van der Waals surface area (Å²) in [5.74, 6) is 0.453. The van der Waals surface area contributed by atoms with E-state index >= 15 is 0 Å². The Hall–Kier alpha value is -3.65. The molecule has 2 aromatic carbocycles. The van der Waals surface area contributed by atoms with Crippen molar-refractivity contribution >= 4 is 45.9 Å². The molecule has 180 valence electrons. The van der Waals surface area contributed by atoms with Gasteiger partial charge in [0.2, 0.25) is 5.65 Å². The number of carbonyl (C=O) groups is 1.